The number of esters is 1. The Morgan fingerprint density at radius 1 is 0.900 bits per heavy atom. The average molecular weight is 689 g/mol. The van der Waals surface area contributed by atoms with E-state index in [1.165, 1.54) is 89.7 Å². The number of nitrogens with zero attached hydrogens (tertiary/aromatic N) is 3. The highest BCUT2D eigenvalue weighted by Crippen LogP contribution is 2.32. The standard InChI is InChI=1S/C39H52N4O7/c1-5-6-7-8-9-10-11-12-13-14-15-18-25-50-39(48)30-21-22-33(49-4)31(26-30)40-36(44)35(43-28(3)34(38(46)47)27(2)41-43)37(45)42-24-23-29-19-16-17-20-32(29)42/h16-17,19-22,26,35H,5-15,18,23-25H2,1-4H3,(H,40,44)(H,46,47). The Kier molecular flexibility index (Phi) is 14.4. The zero-order valence-corrected chi connectivity index (χ0v) is 30.0. The van der Waals surface area contributed by atoms with Gasteiger partial charge in [0.2, 0.25) is 6.04 Å². The van der Waals surface area contributed by atoms with Crippen molar-refractivity contribution in [2.24, 2.45) is 0 Å². The molecule has 11 nitrogen and oxygen atoms in total. The highest BCUT2D eigenvalue weighted by molar-refractivity contribution is 6.14. The second-order valence-electron chi connectivity index (χ2n) is 13.0. The molecule has 0 saturated heterocycles. The summed E-state index contributed by atoms with van der Waals surface area (Å²) in [6, 6.07) is 10.5. The third-order valence-electron chi connectivity index (χ3n) is 9.34. The summed E-state index contributed by atoms with van der Waals surface area (Å²) in [4.78, 5) is 54.8. The van der Waals surface area contributed by atoms with Crippen LogP contribution in [0.3, 0.4) is 0 Å². The molecule has 1 atom stereocenters. The van der Waals surface area contributed by atoms with E-state index in [1.54, 1.807) is 12.1 Å². The summed E-state index contributed by atoms with van der Waals surface area (Å²) < 4.78 is 12.2. The van der Waals surface area contributed by atoms with Crippen LogP contribution in [-0.2, 0) is 20.7 Å². The lowest BCUT2D eigenvalue weighted by Gasteiger charge is -2.25. The predicted octanol–water partition coefficient (Wildman–Crippen LogP) is 7.83. The van der Waals surface area contributed by atoms with Crippen LogP contribution in [0.4, 0.5) is 11.4 Å². The lowest BCUT2D eigenvalue weighted by atomic mass is 10.1. The van der Waals surface area contributed by atoms with Gasteiger partial charge in [-0.15, -0.1) is 0 Å². The number of ether oxygens (including phenoxy) is 2. The van der Waals surface area contributed by atoms with Gasteiger partial charge in [0.1, 0.15) is 11.3 Å². The van der Waals surface area contributed by atoms with E-state index in [4.69, 9.17) is 9.47 Å². The van der Waals surface area contributed by atoms with Crippen LogP contribution < -0.4 is 15.0 Å². The first kappa shape index (κ1) is 38.1. The summed E-state index contributed by atoms with van der Waals surface area (Å²) in [6.07, 6.45) is 15.1. The number of carbonyl (C=O) groups is 4. The molecule has 2 aromatic carbocycles. The number of amides is 2. The second kappa shape index (κ2) is 18.9. The molecule has 0 bridgehead atoms. The third-order valence-corrected chi connectivity index (χ3v) is 9.34. The quantitative estimate of drug-likeness (QED) is 0.0695. The van der Waals surface area contributed by atoms with Gasteiger partial charge in [0.05, 0.1) is 36.4 Å². The fourth-order valence-electron chi connectivity index (χ4n) is 6.59. The summed E-state index contributed by atoms with van der Waals surface area (Å²) in [7, 11) is 1.43. The van der Waals surface area contributed by atoms with Gasteiger partial charge in [-0.1, -0.05) is 95.8 Å². The molecule has 50 heavy (non-hydrogen) atoms. The van der Waals surface area contributed by atoms with Gasteiger partial charge in [-0.2, -0.15) is 5.10 Å². The van der Waals surface area contributed by atoms with Gasteiger partial charge in [0.25, 0.3) is 11.8 Å². The maximum atomic E-state index is 14.2. The number of aromatic nitrogens is 2. The first-order valence-electron chi connectivity index (χ1n) is 18.0. The lowest BCUT2D eigenvalue weighted by Crippen LogP contribution is -2.43. The average Bonchev–Trinajstić information content (AvgIpc) is 3.66. The van der Waals surface area contributed by atoms with Crippen molar-refractivity contribution in [2.75, 3.05) is 30.5 Å². The minimum atomic E-state index is -1.54. The molecule has 0 aliphatic carbocycles. The largest absolute Gasteiger partial charge is 0.495 e. The highest BCUT2D eigenvalue weighted by Gasteiger charge is 2.39. The number of hydrogen-bond acceptors (Lipinski definition) is 7. The van der Waals surface area contributed by atoms with E-state index >= 15 is 0 Å². The van der Waals surface area contributed by atoms with Crippen LogP contribution in [0.2, 0.25) is 0 Å². The number of para-hydroxylation sites is 1. The monoisotopic (exact) mass is 688 g/mol. The van der Waals surface area contributed by atoms with E-state index in [0.29, 0.717) is 25.3 Å². The van der Waals surface area contributed by atoms with Crippen molar-refractivity contribution < 1.29 is 33.8 Å². The molecule has 4 rings (SSSR count). The van der Waals surface area contributed by atoms with Gasteiger partial charge in [-0.3, -0.25) is 9.59 Å². The predicted molar refractivity (Wildman–Crippen MR) is 193 cm³/mol. The van der Waals surface area contributed by atoms with Crippen molar-refractivity contribution in [3.8, 4) is 5.75 Å². The number of benzene rings is 2. The Bertz CT molecular complexity index is 1630. The fraction of sp³-hybridized carbons (Fsp3) is 0.513. The Labute approximate surface area is 295 Å². The molecule has 2 amide bonds. The van der Waals surface area contributed by atoms with Crippen LogP contribution in [0.15, 0.2) is 42.5 Å². The minimum absolute atomic E-state index is 0.0760. The number of fused-ring (bicyclic) bond motifs is 1. The molecule has 0 saturated carbocycles. The van der Waals surface area contributed by atoms with Gasteiger partial charge in [0.15, 0.2) is 0 Å². The van der Waals surface area contributed by atoms with Gasteiger partial charge in [-0.05, 0) is 56.5 Å². The molecule has 1 aliphatic rings. The van der Waals surface area contributed by atoms with Crippen LogP contribution in [0.25, 0.3) is 0 Å². The number of anilines is 2. The number of unbranched alkanes of at least 4 members (excludes halogenated alkanes) is 11. The number of aryl methyl sites for hydroxylation is 1. The first-order chi connectivity index (χ1) is 24.2. The van der Waals surface area contributed by atoms with Crippen molar-refractivity contribution in [2.45, 2.75) is 110 Å². The van der Waals surface area contributed by atoms with E-state index in [2.05, 4.69) is 17.3 Å². The van der Waals surface area contributed by atoms with Crippen LogP contribution >= 0.6 is 0 Å². The van der Waals surface area contributed by atoms with Gasteiger partial charge < -0.3 is 24.8 Å². The SMILES string of the molecule is CCCCCCCCCCCCCCOC(=O)c1ccc(OC)c(NC(=O)C(C(=O)N2CCc3ccccc32)n2nc(C)c(C(=O)O)c2C)c1. The molecule has 3 aromatic rings. The van der Waals surface area contributed by atoms with Gasteiger partial charge in [0, 0.05) is 12.2 Å². The third kappa shape index (κ3) is 9.73. The van der Waals surface area contributed by atoms with E-state index in [-0.39, 0.29) is 34.0 Å². The number of methoxy groups -OCH3 is 1. The second-order valence-corrected chi connectivity index (χ2v) is 13.0. The van der Waals surface area contributed by atoms with Gasteiger partial charge in [-0.25, -0.2) is 14.3 Å². The zero-order valence-electron chi connectivity index (χ0n) is 30.0. The number of hydrogen-bond donors (Lipinski definition) is 2. The van der Waals surface area contributed by atoms with Crippen LogP contribution in [0.1, 0.15) is 128 Å². The summed E-state index contributed by atoms with van der Waals surface area (Å²) in [5.41, 5.74) is 2.30. The molecule has 0 radical (unpaired) electrons. The number of nitrogens with one attached hydrogen (secondary N) is 1. The van der Waals surface area contributed by atoms with Crippen LogP contribution in [-0.4, -0.2) is 58.9 Å². The zero-order chi connectivity index (χ0) is 36.0. The molecule has 1 aromatic heterocycles. The molecular weight excluding hydrogens is 636 g/mol. The molecule has 1 aliphatic heterocycles. The van der Waals surface area contributed by atoms with Crippen molar-refractivity contribution in [3.05, 3.63) is 70.5 Å². The maximum absolute atomic E-state index is 14.2. The maximum Gasteiger partial charge on any atom is 0.339 e. The summed E-state index contributed by atoms with van der Waals surface area (Å²) in [5.74, 6) is -2.79. The Morgan fingerprint density at radius 2 is 1.54 bits per heavy atom. The topological polar surface area (TPSA) is 140 Å². The lowest BCUT2D eigenvalue weighted by molar-refractivity contribution is -0.130. The van der Waals surface area contributed by atoms with Crippen LogP contribution in [0.5, 0.6) is 5.75 Å². The normalized spacial score (nSPS) is 12.8. The smallest absolute Gasteiger partial charge is 0.339 e. The van der Waals surface area contributed by atoms with Crippen molar-refractivity contribution in [1.82, 2.24) is 9.78 Å². The number of carboxylic acids is 1. The molecule has 270 valence electrons. The van der Waals surface area contributed by atoms with Crippen molar-refractivity contribution in [1.29, 1.82) is 0 Å². The Hall–Kier alpha value is -4.67. The number of aromatic carboxylic acids is 1. The first-order valence-corrected chi connectivity index (χ1v) is 18.0. The number of rotatable bonds is 20. The summed E-state index contributed by atoms with van der Waals surface area (Å²) >= 11 is 0. The van der Waals surface area contributed by atoms with Gasteiger partial charge >= 0.3 is 11.9 Å². The molecule has 2 heterocycles. The molecule has 0 fully saturated rings. The minimum Gasteiger partial charge on any atom is -0.495 e. The molecule has 1 unspecified atom stereocenters. The molecule has 2 N–H and O–H groups in total. The summed E-state index contributed by atoms with van der Waals surface area (Å²) in [6.45, 7) is 5.93. The van der Waals surface area contributed by atoms with Crippen molar-refractivity contribution in [3.63, 3.8) is 0 Å². The Morgan fingerprint density at radius 3 is 2.16 bits per heavy atom. The fourth-order valence-corrected chi connectivity index (χ4v) is 6.59. The van der Waals surface area contributed by atoms with E-state index in [9.17, 15) is 24.3 Å². The highest BCUT2D eigenvalue weighted by atomic mass is 16.5. The Balaban J connectivity index is 1.40. The van der Waals surface area contributed by atoms with E-state index < -0.39 is 29.8 Å². The van der Waals surface area contributed by atoms with E-state index in [1.807, 2.05) is 24.3 Å². The summed E-state index contributed by atoms with van der Waals surface area (Å²) in [5, 5.41) is 16.9. The molecule has 11 heteroatoms. The van der Waals surface area contributed by atoms with Crippen molar-refractivity contribution >= 4 is 35.1 Å². The molecule has 0 spiro atoms. The molecular formula is C39H52N4O7. The number of carbonyl (C=O) groups excluding carboxylic acids is 3. The van der Waals surface area contributed by atoms with E-state index in [0.717, 1.165) is 29.5 Å². The number of carboxylic acid groups (broad SMARTS) is 1. The van der Waals surface area contributed by atoms with Crippen LogP contribution in [0, 0.1) is 13.8 Å².